The topological polar surface area (TPSA) is 133 Å². The Balaban J connectivity index is 1.27. The predicted molar refractivity (Wildman–Crippen MR) is 189 cm³/mol. The van der Waals surface area contributed by atoms with Crippen molar-refractivity contribution in [3.63, 3.8) is 0 Å². The second-order valence-corrected chi connectivity index (χ2v) is 15.8. The van der Waals surface area contributed by atoms with Crippen molar-refractivity contribution >= 4 is 34.2 Å². The summed E-state index contributed by atoms with van der Waals surface area (Å²) in [6.45, 7) is 5.73. The van der Waals surface area contributed by atoms with Crippen LogP contribution in [0.1, 0.15) is 99.7 Å². The lowest BCUT2D eigenvalue weighted by Crippen LogP contribution is -2.45. The minimum Gasteiger partial charge on any atom is -0.327 e. The molecule has 0 N–H and O–H groups in total. The number of amides is 1. The van der Waals surface area contributed by atoms with E-state index in [0.29, 0.717) is 48.8 Å². The first kappa shape index (κ1) is 36.6. The molecule has 3 aliphatic rings. The van der Waals surface area contributed by atoms with Crippen molar-refractivity contribution in [2.24, 2.45) is 10.8 Å². The van der Waals surface area contributed by atoms with Gasteiger partial charge in [-0.25, -0.2) is 9.97 Å². The maximum absolute atomic E-state index is 14.5. The Bertz CT molecular complexity index is 2100. The highest BCUT2D eigenvalue weighted by Gasteiger charge is 2.66. The summed E-state index contributed by atoms with van der Waals surface area (Å²) in [6, 6.07) is 4.22. The lowest BCUT2D eigenvalue weighted by atomic mass is 9.79. The number of aromatic nitrogens is 6. The fraction of sp³-hybridized carbons (Fsp3) is 0.538. The molecule has 1 aromatic carbocycles. The largest absolute Gasteiger partial charge is 0.408 e. The number of nitrogens with zero attached hydrogens (tertiary/aromatic N) is 7. The number of ketones is 3. The Morgan fingerprint density at radius 3 is 2.43 bits per heavy atom. The number of aryl methyl sites for hydroxylation is 2. The first-order chi connectivity index (χ1) is 25.0. The molecule has 2 fully saturated rings. The average Bonchev–Trinajstić information content (AvgIpc) is 3.34. The van der Waals surface area contributed by atoms with Gasteiger partial charge < -0.3 is 4.90 Å². The molecule has 3 atom stereocenters. The molecule has 1 amide bonds. The smallest absolute Gasteiger partial charge is 0.327 e. The number of benzene rings is 1. The van der Waals surface area contributed by atoms with E-state index in [1.165, 1.54) is 19.2 Å². The molecule has 11 nitrogen and oxygen atoms in total. The van der Waals surface area contributed by atoms with Gasteiger partial charge in [-0.3, -0.25) is 28.5 Å². The number of piperidine rings is 1. The number of halogens is 3. The van der Waals surface area contributed by atoms with E-state index < -0.39 is 29.6 Å². The zero-order valence-corrected chi connectivity index (χ0v) is 30.5. The van der Waals surface area contributed by atoms with E-state index in [9.17, 15) is 32.3 Å². The fourth-order valence-corrected chi connectivity index (χ4v) is 8.48. The summed E-state index contributed by atoms with van der Waals surface area (Å²) in [7, 11) is 0. The van der Waals surface area contributed by atoms with Crippen molar-refractivity contribution in [2.75, 3.05) is 0 Å². The van der Waals surface area contributed by atoms with Gasteiger partial charge in [0, 0.05) is 54.3 Å². The molecule has 0 radical (unpaired) electrons. The van der Waals surface area contributed by atoms with Crippen LogP contribution in [0.25, 0.3) is 22.0 Å². The first-order valence-electron chi connectivity index (χ1n) is 18.3. The van der Waals surface area contributed by atoms with Crippen LogP contribution in [-0.2, 0) is 40.3 Å². The molecule has 0 unspecified atom stereocenters. The molecule has 7 rings (SSSR count). The number of rotatable bonds is 6. The van der Waals surface area contributed by atoms with Crippen molar-refractivity contribution in [2.45, 2.75) is 123 Å². The standard InChI is InChI=1S/C39H44F3N7O4/c1-23(50)35-29-15-26(27-19-43-24(2)44-20-27)14-25-8-6-5-7-11-37(3,4)33(52)9-12-38-17-30(31(51)16-28-10-13-47(45-28)22-39(40,41)42)49(32(38)18-38)34(53)21-48(46-35)36(25)29/h10,13-15,19-20,30,32H,5-9,11-12,16-18,21-22H2,1-4H3/t30-,32+,38-/m0/s1. The Kier molecular flexibility index (Phi) is 9.38. The maximum Gasteiger partial charge on any atom is 0.408 e. The first-order valence-corrected chi connectivity index (χ1v) is 18.3. The van der Waals surface area contributed by atoms with E-state index in [2.05, 4.69) is 15.1 Å². The molecule has 5 heterocycles. The monoisotopic (exact) mass is 731 g/mol. The summed E-state index contributed by atoms with van der Waals surface area (Å²) >= 11 is 0. The lowest BCUT2D eigenvalue weighted by molar-refractivity contribution is -0.142. The molecule has 2 bridgehead atoms. The van der Waals surface area contributed by atoms with Gasteiger partial charge in [0.2, 0.25) is 5.91 Å². The van der Waals surface area contributed by atoms with Gasteiger partial charge in [-0.1, -0.05) is 26.7 Å². The molecule has 2 aliphatic heterocycles. The van der Waals surface area contributed by atoms with Crippen LogP contribution in [0.3, 0.4) is 0 Å². The van der Waals surface area contributed by atoms with Crippen LogP contribution >= 0.6 is 0 Å². The molecule has 53 heavy (non-hydrogen) atoms. The van der Waals surface area contributed by atoms with Crippen molar-refractivity contribution < 1.29 is 32.3 Å². The summed E-state index contributed by atoms with van der Waals surface area (Å²) in [6.07, 6.45) is 5.82. The van der Waals surface area contributed by atoms with E-state index >= 15 is 0 Å². The van der Waals surface area contributed by atoms with Crippen LogP contribution in [0.4, 0.5) is 13.2 Å². The van der Waals surface area contributed by atoms with Gasteiger partial charge in [-0.05, 0) is 80.2 Å². The number of hydrogen-bond acceptors (Lipinski definition) is 8. The van der Waals surface area contributed by atoms with Crippen LogP contribution in [-0.4, -0.2) is 75.9 Å². The molecule has 1 saturated heterocycles. The van der Waals surface area contributed by atoms with Gasteiger partial charge in [0.1, 0.15) is 30.4 Å². The van der Waals surface area contributed by atoms with E-state index in [1.54, 1.807) is 28.9 Å². The number of hydrogen-bond donors (Lipinski definition) is 0. The highest BCUT2D eigenvalue weighted by atomic mass is 19.4. The highest BCUT2D eigenvalue weighted by Crippen LogP contribution is 2.62. The minimum atomic E-state index is -4.46. The van der Waals surface area contributed by atoms with Gasteiger partial charge in [0.15, 0.2) is 11.6 Å². The number of alkyl halides is 3. The Hall–Kier alpha value is -4.75. The van der Waals surface area contributed by atoms with E-state index in [4.69, 9.17) is 5.10 Å². The van der Waals surface area contributed by atoms with Crippen LogP contribution in [0.5, 0.6) is 0 Å². The van der Waals surface area contributed by atoms with Crippen LogP contribution < -0.4 is 0 Å². The quantitative estimate of drug-likeness (QED) is 0.208. The summed E-state index contributed by atoms with van der Waals surface area (Å²) in [5.74, 6) is -0.114. The molecule has 280 valence electrons. The van der Waals surface area contributed by atoms with Gasteiger partial charge in [-0.2, -0.15) is 23.4 Å². The second kappa shape index (κ2) is 13.6. The van der Waals surface area contributed by atoms with Gasteiger partial charge >= 0.3 is 6.18 Å². The average molecular weight is 732 g/mol. The fourth-order valence-electron chi connectivity index (χ4n) is 8.48. The predicted octanol–water partition coefficient (Wildman–Crippen LogP) is 6.43. The molecule has 4 aromatic rings. The van der Waals surface area contributed by atoms with E-state index in [0.717, 1.165) is 47.1 Å². The lowest BCUT2D eigenvalue weighted by Gasteiger charge is -2.27. The van der Waals surface area contributed by atoms with Crippen LogP contribution in [0.15, 0.2) is 36.8 Å². The number of Topliss-reactive ketones (excluding diaryl/α,β-unsaturated/α-hetero) is 3. The summed E-state index contributed by atoms with van der Waals surface area (Å²) in [5.41, 5.74) is 2.69. The van der Waals surface area contributed by atoms with E-state index in [1.807, 2.05) is 26.0 Å². The summed E-state index contributed by atoms with van der Waals surface area (Å²) in [5, 5.41) is 9.31. The molecular weight excluding hydrogens is 687 g/mol. The molecular formula is C39H44F3N7O4. The normalized spacial score (nSPS) is 23.6. The van der Waals surface area contributed by atoms with Gasteiger partial charge in [-0.15, -0.1) is 0 Å². The zero-order chi connectivity index (χ0) is 37.9. The van der Waals surface area contributed by atoms with Crippen molar-refractivity contribution in [3.05, 3.63) is 59.6 Å². The molecule has 3 aromatic heterocycles. The van der Waals surface area contributed by atoms with Crippen LogP contribution in [0.2, 0.25) is 0 Å². The Labute approximate surface area is 305 Å². The highest BCUT2D eigenvalue weighted by molar-refractivity contribution is 6.07. The molecule has 0 spiro atoms. The Morgan fingerprint density at radius 1 is 0.962 bits per heavy atom. The third kappa shape index (κ3) is 7.41. The third-order valence-electron chi connectivity index (χ3n) is 11.5. The van der Waals surface area contributed by atoms with Crippen molar-refractivity contribution in [1.29, 1.82) is 0 Å². The summed E-state index contributed by atoms with van der Waals surface area (Å²) in [4.78, 5) is 65.4. The minimum absolute atomic E-state index is 0.163. The van der Waals surface area contributed by atoms with Gasteiger partial charge in [0.05, 0.1) is 23.7 Å². The molecule has 1 aliphatic carbocycles. The molecule has 14 heteroatoms. The molecule has 1 saturated carbocycles. The van der Waals surface area contributed by atoms with Crippen molar-refractivity contribution in [3.8, 4) is 11.1 Å². The second-order valence-electron chi connectivity index (χ2n) is 15.8. The van der Waals surface area contributed by atoms with Crippen molar-refractivity contribution in [1.82, 2.24) is 34.4 Å². The maximum atomic E-state index is 14.5. The number of carbonyl (C=O) groups is 4. The number of carbonyl (C=O) groups excluding carboxylic acids is 4. The van der Waals surface area contributed by atoms with Gasteiger partial charge in [0.25, 0.3) is 0 Å². The third-order valence-corrected chi connectivity index (χ3v) is 11.5. The SMILES string of the molecule is CC(=O)c1nn2c3c(cc(-c4cnc(C)nc4)cc13)CCCCCC(C)(C)C(=O)CC[C@@]13C[C@@H](C(=O)Cc4ccn(CC(F)(F)F)n4)N(C(=O)C2)[C@@H]1C3. The summed E-state index contributed by atoms with van der Waals surface area (Å²) < 4.78 is 41.3. The Morgan fingerprint density at radius 2 is 1.72 bits per heavy atom. The van der Waals surface area contributed by atoms with E-state index in [-0.39, 0.29) is 53.7 Å². The van der Waals surface area contributed by atoms with Crippen LogP contribution in [0, 0.1) is 17.8 Å². The zero-order valence-electron chi connectivity index (χ0n) is 30.5.